The molecule has 1 fully saturated rings. The molecule has 0 atom stereocenters. The highest BCUT2D eigenvalue weighted by molar-refractivity contribution is 5.81. The zero-order valence-corrected chi connectivity index (χ0v) is 13.8. The van der Waals surface area contributed by atoms with Gasteiger partial charge in [0.05, 0.1) is 18.4 Å². The third-order valence-electron chi connectivity index (χ3n) is 5.10. The minimum Gasteiger partial charge on any atom is -0.315 e. The maximum Gasteiger partial charge on any atom is 0.330 e. The summed E-state index contributed by atoms with van der Waals surface area (Å²) >= 11 is 0. The minimum atomic E-state index is -0.196. The number of rotatable bonds is 3. The molecule has 1 aromatic carbocycles. The number of benzene rings is 1. The number of aromatic nitrogens is 2. The van der Waals surface area contributed by atoms with E-state index >= 15 is 0 Å². The monoisotopic (exact) mass is 328 g/mol. The Morgan fingerprint density at radius 3 is 2.58 bits per heavy atom. The molecule has 24 heavy (non-hydrogen) atoms. The van der Waals surface area contributed by atoms with E-state index in [9.17, 15) is 9.18 Å². The predicted octanol–water partition coefficient (Wildman–Crippen LogP) is 2.78. The van der Waals surface area contributed by atoms with Crippen LogP contribution in [0.5, 0.6) is 0 Å². The largest absolute Gasteiger partial charge is 0.330 e. The van der Waals surface area contributed by atoms with E-state index in [0.29, 0.717) is 12.6 Å². The highest BCUT2D eigenvalue weighted by Gasteiger charge is 2.35. The molecule has 0 bridgehead atoms. The minimum absolute atomic E-state index is 0.0667. The number of carbonyl (C=O) groups is 1. The number of hydrogen-bond donors (Lipinski definition) is 0. The van der Waals surface area contributed by atoms with E-state index in [1.807, 2.05) is 24.0 Å². The van der Waals surface area contributed by atoms with Crippen LogP contribution in [0.25, 0.3) is 0 Å². The number of nitrogens with zero attached hydrogens (tertiary/aromatic N) is 4. The number of fused-ring (bicyclic) bond motifs is 1. The Hall–Kier alpha value is -2.21. The Labute approximate surface area is 140 Å². The van der Waals surface area contributed by atoms with Crippen LogP contribution in [0.3, 0.4) is 0 Å². The van der Waals surface area contributed by atoms with Gasteiger partial charge in [-0.25, -0.2) is 14.2 Å². The number of amides is 1. The van der Waals surface area contributed by atoms with Crippen molar-refractivity contribution in [3.63, 3.8) is 0 Å². The van der Waals surface area contributed by atoms with Gasteiger partial charge in [-0.05, 0) is 37.5 Å². The highest BCUT2D eigenvalue weighted by Crippen LogP contribution is 2.26. The van der Waals surface area contributed by atoms with Gasteiger partial charge >= 0.3 is 6.03 Å². The number of piperidine rings is 1. The number of likely N-dealkylation sites (tertiary alicyclic amines) is 1. The molecule has 0 radical (unpaired) electrons. The van der Waals surface area contributed by atoms with Gasteiger partial charge in [0.25, 0.3) is 0 Å². The molecule has 4 rings (SSSR count). The molecule has 2 aromatic rings. The SMILES string of the molecule is Cc1ncc2n1C(=O)N(C1CCN(Cc3ccc(F)cc3)CC1)C2. The maximum atomic E-state index is 13.0. The molecule has 2 aliphatic heterocycles. The van der Waals surface area contributed by atoms with E-state index in [0.717, 1.165) is 49.6 Å². The molecule has 1 saturated heterocycles. The van der Waals surface area contributed by atoms with Crippen molar-refractivity contribution in [2.75, 3.05) is 13.1 Å². The fourth-order valence-corrected chi connectivity index (χ4v) is 3.76. The van der Waals surface area contributed by atoms with Crippen LogP contribution in [-0.2, 0) is 13.1 Å². The van der Waals surface area contributed by atoms with Gasteiger partial charge in [0, 0.05) is 25.7 Å². The second-order valence-corrected chi connectivity index (χ2v) is 6.68. The number of halogens is 1. The lowest BCUT2D eigenvalue weighted by Crippen LogP contribution is -2.45. The first-order valence-electron chi connectivity index (χ1n) is 8.43. The zero-order chi connectivity index (χ0) is 16.7. The molecular weight excluding hydrogens is 307 g/mol. The summed E-state index contributed by atoms with van der Waals surface area (Å²) in [6.45, 7) is 5.29. The van der Waals surface area contributed by atoms with Gasteiger partial charge in [0.15, 0.2) is 0 Å². The molecule has 0 N–H and O–H groups in total. The van der Waals surface area contributed by atoms with E-state index in [4.69, 9.17) is 0 Å². The maximum absolute atomic E-state index is 13.0. The molecule has 126 valence electrons. The van der Waals surface area contributed by atoms with Crippen molar-refractivity contribution in [3.05, 3.63) is 53.4 Å². The molecule has 1 amide bonds. The Morgan fingerprint density at radius 1 is 1.21 bits per heavy atom. The molecule has 0 saturated carbocycles. The van der Waals surface area contributed by atoms with Gasteiger partial charge in [0.2, 0.25) is 0 Å². The average molecular weight is 328 g/mol. The topological polar surface area (TPSA) is 41.4 Å². The van der Waals surface area contributed by atoms with E-state index in [-0.39, 0.29) is 11.8 Å². The summed E-state index contributed by atoms with van der Waals surface area (Å²) in [5.74, 6) is 0.574. The molecule has 1 aromatic heterocycles. The second-order valence-electron chi connectivity index (χ2n) is 6.68. The van der Waals surface area contributed by atoms with Crippen LogP contribution in [0, 0.1) is 12.7 Å². The van der Waals surface area contributed by atoms with Crippen LogP contribution >= 0.6 is 0 Å². The standard InChI is InChI=1S/C18H21FN4O/c1-13-20-10-17-12-22(18(24)23(13)17)16-6-8-21(9-7-16)11-14-2-4-15(19)5-3-14/h2-5,10,16H,6-9,11-12H2,1H3. The van der Waals surface area contributed by atoms with Crippen LogP contribution in [0.15, 0.2) is 30.5 Å². The van der Waals surface area contributed by atoms with E-state index in [2.05, 4.69) is 9.88 Å². The van der Waals surface area contributed by atoms with Crippen molar-refractivity contribution in [2.45, 2.75) is 38.9 Å². The fraction of sp³-hybridized carbons (Fsp3) is 0.444. The molecule has 2 aliphatic rings. The molecule has 0 spiro atoms. The first-order valence-corrected chi connectivity index (χ1v) is 8.43. The van der Waals surface area contributed by atoms with Crippen molar-refractivity contribution >= 4 is 6.03 Å². The summed E-state index contributed by atoms with van der Waals surface area (Å²) in [5, 5.41) is 0. The number of carbonyl (C=O) groups excluding carboxylic acids is 1. The van der Waals surface area contributed by atoms with Crippen LogP contribution < -0.4 is 0 Å². The Morgan fingerprint density at radius 2 is 1.92 bits per heavy atom. The first kappa shape index (κ1) is 15.3. The summed E-state index contributed by atoms with van der Waals surface area (Å²) in [5.41, 5.74) is 2.12. The Balaban J connectivity index is 1.35. The Bertz CT molecular complexity index is 747. The molecule has 3 heterocycles. The van der Waals surface area contributed by atoms with Gasteiger partial charge in [-0.3, -0.25) is 9.47 Å². The summed E-state index contributed by atoms with van der Waals surface area (Å²) in [7, 11) is 0. The van der Waals surface area contributed by atoms with Gasteiger partial charge in [0.1, 0.15) is 11.6 Å². The quantitative estimate of drug-likeness (QED) is 0.870. The van der Waals surface area contributed by atoms with Crippen molar-refractivity contribution in [1.82, 2.24) is 19.4 Å². The Kier molecular flexibility index (Phi) is 3.84. The van der Waals surface area contributed by atoms with Gasteiger partial charge in [-0.2, -0.15) is 0 Å². The van der Waals surface area contributed by atoms with E-state index < -0.39 is 0 Å². The highest BCUT2D eigenvalue weighted by atomic mass is 19.1. The van der Waals surface area contributed by atoms with Gasteiger partial charge in [-0.1, -0.05) is 12.1 Å². The normalized spacial score (nSPS) is 19.1. The number of imidazole rings is 1. The lowest BCUT2D eigenvalue weighted by Gasteiger charge is -2.36. The van der Waals surface area contributed by atoms with Crippen LogP contribution in [0.2, 0.25) is 0 Å². The van der Waals surface area contributed by atoms with Gasteiger partial charge in [-0.15, -0.1) is 0 Å². The van der Waals surface area contributed by atoms with Crippen LogP contribution in [-0.4, -0.2) is 44.5 Å². The number of hydrogen-bond acceptors (Lipinski definition) is 3. The fourth-order valence-electron chi connectivity index (χ4n) is 3.76. The summed E-state index contributed by atoms with van der Waals surface area (Å²) < 4.78 is 14.7. The molecule has 6 heteroatoms. The van der Waals surface area contributed by atoms with Crippen LogP contribution in [0.1, 0.15) is 29.9 Å². The smallest absolute Gasteiger partial charge is 0.315 e. The molecule has 5 nitrogen and oxygen atoms in total. The molecule has 0 unspecified atom stereocenters. The first-order chi connectivity index (χ1) is 11.6. The zero-order valence-electron chi connectivity index (χ0n) is 13.8. The number of aryl methyl sites for hydroxylation is 1. The molecule has 0 aliphatic carbocycles. The van der Waals surface area contributed by atoms with Crippen LogP contribution in [0.4, 0.5) is 9.18 Å². The summed E-state index contributed by atoms with van der Waals surface area (Å²) in [4.78, 5) is 21.2. The van der Waals surface area contributed by atoms with E-state index in [1.54, 1.807) is 10.8 Å². The predicted molar refractivity (Wildman–Crippen MR) is 88.0 cm³/mol. The second kappa shape index (κ2) is 6.02. The van der Waals surface area contributed by atoms with Crippen molar-refractivity contribution in [2.24, 2.45) is 0 Å². The molecular formula is C18H21FN4O. The summed E-state index contributed by atoms with van der Waals surface area (Å²) in [6.07, 6.45) is 3.76. The average Bonchev–Trinajstić information content (AvgIpc) is 3.11. The third kappa shape index (κ3) is 2.71. The van der Waals surface area contributed by atoms with Crippen molar-refractivity contribution in [1.29, 1.82) is 0 Å². The van der Waals surface area contributed by atoms with E-state index in [1.165, 1.54) is 12.1 Å². The lowest BCUT2D eigenvalue weighted by molar-refractivity contribution is 0.123. The van der Waals surface area contributed by atoms with Crippen molar-refractivity contribution < 1.29 is 9.18 Å². The van der Waals surface area contributed by atoms with Crippen molar-refractivity contribution in [3.8, 4) is 0 Å². The summed E-state index contributed by atoms with van der Waals surface area (Å²) in [6, 6.07) is 7.06. The lowest BCUT2D eigenvalue weighted by atomic mass is 10.0. The third-order valence-corrected chi connectivity index (χ3v) is 5.10. The van der Waals surface area contributed by atoms with Gasteiger partial charge < -0.3 is 4.90 Å².